The lowest BCUT2D eigenvalue weighted by Gasteiger charge is -2.19. The lowest BCUT2D eigenvalue weighted by molar-refractivity contribution is 0.261. The molecule has 1 atom stereocenters. The van der Waals surface area contributed by atoms with Crippen LogP contribution < -0.4 is 4.74 Å². The minimum atomic E-state index is -3.64. The molecule has 0 amide bonds. The van der Waals surface area contributed by atoms with Crippen molar-refractivity contribution in [2.24, 2.45) is 0 Å². The summed E-state index contributed by atoms with van der Waals surface area (Å²) < 4.78 is 37.2. The second-order valence-corrected chi connectivity index (χ2v) is 9.82. The van der Waals surface area contributed by atoms with E-state index in [1.807, 2.05) is 12.1 Å². The van der Waals surface area contributed by atoms with Gasteiger partial charge in [0.15, 0.2) is 0 Å². The highest BCUT2D eigenvalue weighted by Gasteiger charge is 2.26. The van der Waals surface area contributed by atoms with Crippen LogP contribution in [0.2, 0.25) is 0 Å². The highest BCUT2D eigenvalue weighted by atomic mass is 79.9. The number of hydrogen-bond donors (Lipinski definition) is 0. The highest BCUT2D eigenvalue weighted by Crippen LogP contribution is 2.35. The van der Waals surface area contributed by atoms with Gasteiger partial charge >= 0.3 is 0 Å². The highest BCUT2D eigenvalue weighted by molar-refractivity contribution is 9.10. The molecule has 2 aromatic rings. The molecule has 0 spiro atoms. The predicted molar refractivity (Wildman–Crippen MR) is 100.0 cm³/mol. The Hall–Kier alpha value is -1.37. The van der Waals surface area contributed by atoms with Gasteiger partial charge in [-0.1, -0.05) is 39.0 Å². The Morgan fingerprint density at radius 2 is 1.80 bits per heavy atom. The molecule has 1 unspecified atom stereocenters. The fourth-order valence-electron chi connectivity index (χ4n) is 2.42. The fourth-order valence-corrected chi connectivity index (χ4v) is 4.78. The minimum Gasteiger partial charge on any atom is -0.490 e. The van der Waals surface area contributed by atoms with Crippen LogP contribution in [0.25, 0.3) is 0 Å². The maximum absolute atomic E-state index is 13.0. The molecule has 0 bridgehead atoms. The Labute approximate surface area is 157 Å². The zero-order chi connectivity index (χ0) is 18.2. The van der Waals surface area contributed by atoms with Gasteiger partial charge in [0.25, 0.3) is 0 Å². The van der Waals surface area contributed by atoms with Crippen LogP contribution in [-0.4, -0.2) is 27.7 Å². The summed E-state index contributed by atoms with van der Waals surface area (Å²) in [5, 5.41) is 0. The third-order valence-corrected chi connectivity index (χ3v) is 6.97. The first-order chi connectivity index (χ1) is 11.7. The third-order valence-electron chi connectivity index (χ3n) is 4.08. The summed E-state index contributed by atoms with van der Waals surface area (Å²) in [7, 11) is -3.64. The largest absolute Gasteiger partial charge is 0.490 e. The van der Waals surface area contributed by atoms with Gasteiger partial charge in [0.2, 0.25) is 9.84 Å². The van der Waals surface area contributed by atoms with Crippen molar-refractivity contribution >= 4 is 25.8 Å². The van der Waals surface area contributed by atoms with Crippen LogP contribution in [0.1, 0.15) is 26.3 Å². The molecule has 0 saturated carbocycles. The Balaban J connectivity index is 1.92. The van der Waals surface area contributed by atoms with Gasteiger partial charge in [-0.2, -0.15) is 0 Å². The number of epoxide rings is 1. The standard InChI is InChI=1S/C19H21BrO4S/c1-19(2,3)13-7-9-15(10-8-13)25(21,22)17-6-4-5-16(18(17)20)24-12-14-11-23-14/h4-10,14H,11-12H2,1-3H3. The molecular weight excluding hydrogens is 404 g/mol. The van der Waals surface area contributed by atoms with E-state index in [4.69, 9.17) is 9.47 Å². The molecule has 1 heterocycles. The van der Waals surface area contributed by atoms with Gasteiger partial charge in [-0.3, -0.25) is 0 Å². The average molecular weight is 425 g/mol. The van der Waals surface area contributed by atoms with Crippen molar-refractivity contribution in [1.82, 2.24) is 0 Å². The molecule has 6 heteroatoms. The second-order valence-electron chi connectivity index (χ2n) is 7.11. The predicted octanol–water partition coefficient (Wildman–Crippen LogP) is 4.36. The Kier molecular flexibility index (Phi) is 4.97. The molecule has 3 rings (SSSR count). The van der Waals surface area contributed by atoms with Gasteiger partial charge < -0.3 is 9.47 Å². The van der Waals surface area contributed by atoms with E-state index >= 15 is 0 Å². The van der Waals surface area contributed by atoms with Crippen molar-refractivity contribution in [2.45, 2.75) is 42.1 Å². The van der Waals surface area contributed by atoms with Gasteiger partial charge in [-0.15, -0.1) is 0 Å². The van der Waals surface area contributed by atoms with Crippen molar-refractivity contribution in [3.05, 3.63) is 52.5 Å². The van der Waals surface area contributed by atoms with E-state index in [1.165, 1.54) is 0 Å². The zero-order valence-corrected chi connectivity index (χ0v) is 16.9. The molecule has 1 fully saturated rings. The third kappa shape index (κ3) is 4.07. The van der Waals surface area contributed by atoms with Gasteiger partial charge in [-0.25, -0.2) is 8.42 Å². The summed E-state index contributed by atoms with van der Waals surface area (Å²) >= 11 is 3.39. The first kappa shape index (κ1) is 18.4. The van der Waals surface area contributed by atoms with Crippen LogP contribution in [0.15, 0.2) is 56.7 Å². The van der Waals surface area contributed by atoms with Crippen LogP contribution >= 0.6 is 15.9 Å². The van der Waals surface area contributed by atoms with Gasteiger partial charge in [-0.05, 0) is 51.2 Å². The number of halogens is 1. The maximum atomic E-state index is 13.0. The average Bonchev–Trinajstić information content (AvgIpc) is 3.37. The first-order valence-corrected chi connectivity index (χ1v) is 10.4. The number of sulfone groups is 1. The van der Waals surface area contributed by atoms with Gasteiger partial charge in [0.1, 0.15) is 18.5 Å². The SMILES string of the molecule is CC(C)(C)c1ccc(S(=O)(=O)c2cccc(OCC3CO3)c2Br)cc1. The molecule has 0 aliphatic carbocycles. The number of hydrogen-bond acceptors (Lipinski definition) is 4. The molecule has 134 valence electrons. The summed E-state index contributed by atoms with van der Waals surface area (Å²) in [6.07, 6.45) is 0.108. The smallest absolute Gasteiger partial charge is 0.207 e. The monoisotopic (exact) mass is 424 g/mol. The normalized spacial score (nSPS) is 17.4. The maximum Gasteiger partial charge on any atom is 0.207 e. The molecule has 2 aromatic carbocycles. The summed E-state index contributed by atoms with van der Waals surface area (Å²) in [5.41, 5.74) is 1.06. The van der Waals surface area contributed by atoms with Crippen molar-refractivity contribution in [3.8, 4) is 5.75 Å². The topological polar surface area (TPSA) is 55.9 Å². The molecule has 25 heavy (non-hydrogen) atoms. The Morgan fingerprint density at radius 1 is 1.16 bits per heavy atom. The minimum absolute atomic E-state index is 0.0263. The van der Waals surface area contributed by atoms with Crippen LogP contribution in [0.5, 0.6) is 5.75 Å². The molecule has 0 radical (unpaired) electrons. The zero-order valence-electron chi connectivity index (χ0n) is 14.5. The molecule has 4 nitrogen and oxygen atoms in total. The van der Waals surface area contributed by atoms with Crippen LogP contribution in [0.3, 0.4) is 0 Å². The summed E-state index contributed by atoms with van der Waals surface area (Å²) in [5.74, 6) is 0.503. The molecule has 0 aromatic heterocycles. The van der Waals surface area contributed by atoms with Crippen LogP contribution in [0.4, 0.5) is 0 Å². The van der Waals surface area contributed by atoms with Crippen LogP contribution in [0, 0.1) is 0 Å². The van der Waals surface area contributed by atoms with Crippen molar-refractivity contribution in [1.29, 1.82) is 0 Å². The van der Waals surface area contributed by atoms with E-state index in [0.29, 0.717) is 23.4 Å². The van der Waals surface area contributed by atoms with Crippen molar-refractivity contribution in [2.75, 3.05) is 13.2 Å². The fraction of sp³-hybridized carbons (Fsp3) is 0.368. The van der Waals surface area contributed by atoms with Crippen molar-refractivity contribution < 1.29 is 17.9 Å². The number of ether oxygens (including phenoxy) is 2. The molecule has 0 N–H and O–H groups in total. The lowest BCUT2D eigenvalue weighted by Crippen LogP contribution is -2.11. The second kappa shape index (κ2) is 6.74. The van der Waals surface area contributed by atoms with E-state index in [1.54, 1.807) is 30.3 Å². The van der Waals surface area contributed by atoms with Crippen molar-refractivity contribution in [3.63, 3.8) is 0 Å². The number of benzene rings is 2. The molecule has 1 aliphatic heterocycles. The summed E-state index contributed by atoms with van der Waals surface area (Å²) in [6, 6.07) is 12.1. The molecule has 1 saturated heterocycles. The lowest BCUT2D eigenvalue weighted by atomic mass is 9.87. The van der Waals surface area contributed by atoms with Crippen LogP contribution in [-0.2, 0) is 20.0 Å². The Morgan fingerprint density at radius 3 is 2.36 bits per heavy atom. The quantitative estimate of drug-likeness (QED) is 0.669. The Bertz CT molecular complexity index is 863. The van der Waals surface area contributed by atoms with E-state index in [-0.39, 0.29) is 21.3 Å². The first-order valence-electron chi connectivity index (χ1n) is 8.08. The summed E-state index contributed by atoms with van der Waals surface area (Å²) in [4.78, 5) is 0.467. The van der Waals surface area contributed by atoms with E-state index in [9.17, 15) is 8.42 Å². The van der Waals surface area contributed by atoms with E-state index in [0.717, 1.165) is 5.56 Å². The van der Waals surface area contributed by atoms with Gasteiger partial charge in [0, 0.05) is 0 Å². The molecule has 1 aliphatic rings. The summed E-state index contributed by atoms with van der Waals surface area (Å²) in [6.45, 7) is 7.39. The van der Waals surface area contributed by atoms with Gasteiger partial charge in [0.05, 0.1) is 20.9 Å². The number of rotatable bonds is 5. The van der Waals surface area contributed by atoms with E-state index in [2.05, 4.69) is 36.7 Å². The van der Waals surface area contributed by atoms with E-state index < -0.39 is 9.84 Å². The molecular formula is C19H21BrO4S.